The average Bonchev–Trinajstić information content (AvgIpc) is 3.49. The smallest absolute Gasteiger partial charge is 0.339 e. The van der Waals surface area contributed by atoms with E-state index in [9.17, 15) is 9.59 Å². The Morgan fingerprint density at radius 2 is 2.09 bits per heavy atom. The highest BCUT2D eigenvalue weighted by atomic mass is 32.1. The lowest BCUT2D eigenvalue weighted by atomic mass is 9.89. The van der Waals surface area contributed by atoms with Gasteiger partial charge in [0.2, 0.25) is 0 Å². The van der Waals surface area contributed by atoms with E-state index in [-0.39, 0.29) is 12.2 Å². The maximum absolute atomic E-state index is 13.1. The van der Waals surface area contributed by atoms with Crippen LogP contribution in [0.5, 0.6) is 0 Å². The molecule has 0 spiro atoms. The van der Waals surface area contributed by atoms with E-state index in [1.54, 1.807) is 28.7 Å². The topological polar surface area (TPSA) is 84.9 Å². The number of para-hydroxylation sites is 1. The summed E-state index contributed by atoms with van der Waals surface area (Å²) in [5.41, 5.74) is 2.88. The van der Waals surface area contributed by atoms with Crippen molar-refractivity contribution in [3.8, 4) is 10.6 Å². The van der Waals surface area contributed by atoms with Crippen LogP contribution in [0.15, 0.2) is 52.6 Å². The van der Waals surface area contributed by atoms with Crippen molar-refractivity contribution in [2.24, 2.45) is 5.92 Å². The third kappa shape index (κ3) is 3.73. The molecule has 5 aromatic rings. The molecule has 6 nitrogen and oxygen atoms in total. The van der Waals surface area contributed by atoms with Gasteiger partial charge in [-0.05, 0) is 54.3 Å². The third-order valence-electron chi connectivity index (χ3n) is 6.26. The molecule has 34 heavy (non-hydrogen) atoms. The first-order valence-corrected chi connectivity index (χ1v) is 12.9. The van der Waals surface area contributed by atoms with E-state index in [0.29, 0.717) is 22.7 Å². The van der Waals surface area contributed by atoms with Gasteiger partial charge in [-0.2, -0.15) is 0 Å². The number of benzene rings is 1. The number of rotatable bonds is 4. The minimum absolute atomic E-state index is 0.103. The summed E-state index contributed by atoms with van der Waals surface area (Å²) in [4.78, 5) is 41.1. The minimum atomic E-state index is -0.474. The van der Waals surface area contributed by atoms with Crippen LogP contribution in [-0.4, -0.2) is 20.9 Å². The molecule has 8 heteroatoms. The molecule has 1 aliphatic rings. The fourth-order valence-corrected chi connectivity index (χ4v) is 6.66. The zero-order valence-electron chi connectivity index (χ0n) is 18.5. The molecular formula is C26H21N3O3S2. The van der Waals surface area contributed by atoms with Crippen LogP contribution in [0.4, 0.5) is 0 Å². The van der Waals surface area contributed by atoms with Crippen LogP contribution < -0.4 is 5.56 Å². The lowest BCUT2D eigenvalue weighted by Gasteiger charge is -2.17. The zero-order chi connectivity index (χ0) is 23.2. The highest BCUT2D eigenvalue weighted by Gasteiger charge is 2.23. The molecular weight excluding hydrogens is 466 g/mol. The lowest BCUT2D eigenvalue weighted by molar-refractivity contribution is 0.0464. The van der Waals surface area contributed by atoms with Crippen molar-refractivity contribution < 1.29 is 9.53 Å². The van der Waals surface area contributed by atoms with Crippen LogP contribution >= 0.6 is 22.7 Å². The van der Waals surface area contributed by atoms with Crippen molar-refractivity contribution in [2.75, 3.05) is 0 Å². The maximum atomic E-state index is 13.1. The molecule has 0 amide bonds. The number of esters is 1. The number of hydrogen-bond acceptors (Lipinski definition) is 7. The fourth-order valence-electron chi connectivity index (χ4n) is 4.57. The van der Waals surface area contributed by atoms with Crippen molar-refractivity contribution >= 4 is 49.8 Å². The van der Waals surface area contributed by atoms with Gasteiger partial charge >= 0.3 is 5.97 Å². The van der Waals surface area contributed by atoms with E-state index < -0.39 is 5.97 Å². The number of nitrogens with one attached hydrogen (secondary N) is 1. The summed E-state index contributed by atoms with van der Waals surface area (Å²) < 4.78 is 5.63. The average molecular weight is 488 g/mol. The largest absolute Gasteiger partial charge is 0.454 e. The van der Waals surface area contributed by atoms with Crippen LogP contribution in [0, 0.1) is 5.92 Å². The van der Waals surface area contributed by atoms with Crippen molar-refractivity contribution in [1.82, 2.24) is 15.0 Å². The first kappa shape index (κ1) is 21.2. The molecule has 0 aliphatic heterocycles. The van der Waals surface area contributed by atoms with Gasteiger partial charge in [-0.3, -0.25) is 4.79 Å². The molecule has 1 N–H and O–H groups in total. The molecule has 170 valence electrons. The van der Waals surface area contributed by atoms with Crippen molar-refractivity contribution in [3.63, 3.8) is 0 Å². The summed E-state index contributed by atoms with van der Waals surface area (Å²) in [7, 11) is 0. The highest BCUT2D eigenvalue weighted by Crippen LogP contribution is 2.35. The van der Waals surface area contributed by atoms with E-state index in [1.807, 2.05) is 41.8 Å². The number of pyridine rings is 1. The molecule has 0 unspecified atom stereocenters. The van der Waals surface area contributed by atoms with Gasteiger partial charge in [-0.25, -0.2) is 14.8 Å². The van der Waals surface area contributed by atoms with Crippen molar-refractivity contribution in [2.45, 2.75) is 32.8 Å². The maximum Gasteiger partial charge on any atom is 0.339 e. The number of fused-ring (bicyclic) bond motifs is 4. The Kier molecular flexibility index (Phi) is 5.27. The molecule has 4 aromatic heterocycles. The SMILES string of the molecule is C[C@@H]1CCc2c(sc3nc(COC(=O)c4cc(-c5cccs5)nc5ccccc45)[nH]c(=O)c23)C1. The summed E-state index contributed by atoms with van der Waals surface area (Å²) in [6.45, 7) is 2.14. The van der Waals surface area contributed by atoms with Gasteiger partial charge in [0.15, 0.2) is 0 Å². The van der Waals surface area contributed by atoms with E-state index in [2.05, 4.69) is 16.9 Å². The second-order valence-corrected chi connectivity index (χ2v) is 10.7. The quantitative estimate of drug-likeness (QED) is 0.327. The van der Waals surface area contributed by atoms with Crippen LogP contribution in [0.1, 0.15) is 40.0 Å². The molecule has 0 saturated heterocycles. The molecule has 1 atom stereocenters. The normalized spacial score (nSPS) is 15.5. The Labute approximate surface area is 203 Å². The summed E-state index contributed by atoms with van der Waals surface area (Å²) in [5.74, 6) is 0.502. The third-order valence-corrected chi connectivity index (χ3v) is 8.30. The molecule has 0 bridgehead atoms. The van der Waals surface area contributed by atoms with Gasteiger partial charge in [0.1, 0.15) is 17.3 Å². The molecule has 1 aliphatic carbocycles. The summed E-state index contributed by atoms with van der Waals surface area (Å²) >= 11 is 3.15. The van der Waals surface area contributed by atoms with Crippen LogP contribution in [-0.2, 0) is 24.2 Å². The Hall–Kier alpha value is -3.36. The number of carbonyl (C=O) groups excluding carboxylic acids is 1. The number of thiophene rings is 2. The van der Waals surface area contributed by atoms with Gasteiger partial charge in [0.05, 0.1) is 27.0 Å². The molecule has 4 heterocycles. The predicted molar refractivity (Wildman–Crippen MR) is 136 cm³/mol. The Bertz CT molecular complexity index is 1600. The predicted octanol–water partition coefficient (Wildman–Crippen LogP) is 5.74. The minimum Gasteiger partial charge on any atom is -0.454 e. The van der Waals surface area contributed by atoms with Gasteiger partial charge < -0.3 is 9.72 Å². The number of aromatic nitrogens is 3. The first-order valence-electron chi connectivity index (χ1n) is 11.2. The van der Waals surface area contributed by atoms with Crippen LogP contribution in [0.25, 0.3) is 31.7 Å². The monoisotopic (exact) mass is 487 g/mol. The number of nitrogens with zero attached hydrogens (tertiary/aromatic N) is 2. The summed E-state index contributed by atoms with van der Waals surface area (Å²) in [6, 6.07) is 13.2. The summed E-state index contributed by atoms with van der Waals surface area (Å²) in [6.07, 6.45) is 2.99. The Balaban J connectivity index is 1.31. The van der Waals surface area contributed by atoms with Gasteiger partial charge in [-0.1, -0.05) is 31.2 Å². The van der Waals surface area contributed by atoms with Crippen LogP contribution in [0.3, 0.4) is 0 Å². The van der Waals surface area contributed by atoms with E-state index in [1.165, 1.54) is 4.88 Å². The van der Waals surface area contributed by atoms with Gasteiger partial charge in [0, 0.05) is 10.3 Å². The van der Waals surface area contributed by atoms with E-state index in [0.717, 1.165) is 51.1 Å². The molecule has 0 fully saturated rings. The van der Waals surface area contributed by atoms with Crippen LogP contribution in [0.2, 0.25) is 0 Å². The molecule has 6 rings (SSSR count). The second kappa shape index (κ2) is 8.45. The highest BCUT2D eigenvalue weighted by molar-refractivity contribution is 7.18. The standard InChI is InChI=1S/C26H21N3O3S2/c1-14-8-9-16-21(11-14)34-25-23(16)24(30)28-22(29-25)13-32-26(31)17-12-19(20-7-4-10-33-20)27-18-6-3-2-5-15(17)18/h2-7,10,12,14H,8-9,11,13H2,1H3,(H,28,29,30)/t14-/m1/s1. The van der Waals surface area contributed by atoms with Gasteiger partial charge in [-0.15, -0.1) is 22.7 Å². The number of ether oxygens (including phenoxy) is 1. The summed E-state index contributed by atoms with van der Waals surface area (Å²) in [5, 5.41) is 3.40. The number of hydrogen-bond donors (Lipinski definition) is 1. The number of H-pyrrole nitrogens is 1. The van der Waals surface area contributed by atoms with Crippen molar-refractivity contribution in [3.05, 3.63) is 80.0 Å². The number of aryl methyl sites for hydroxylation is 1. The molecule has 1 aromatic carbocycles. The lowest BCUT2D eigenvalue weighted by Crippen LogP contribution is -2.16. The van der Waals surface area contributed by atoms with Crippen molar-refractivity contribution in [1.29, 1.82) is 0 Å². The Morgan fingerprint density at radius 3 is 2.94 bits per heavy atom. The number of aromatic amines is 1. The molecule has 0 saturated carbocycles. The Morgan fingerprint density at radius 1 is 1.21 bits per heavy atom. The van der Waals surface area contributed by atoms with E-state index >= 15 is 0 Å². The second-order valence-electron chi connectivity index (χ2n) is 8.67. The number of carbonyl (C=O) groups is 1. The fraction of sp³-hybridized carbons (Fsp3) is 0.231. The molecule has 0 radical (unpaired) electrons. The van der Waals surface area contributed by atoms with Gasteiger partial charge in [0.25, 0.3) is 5.56 Å². The first-order chi connectivity index (χ1) is 16.6. The zero-order valence-corrected chi connectivity index (χ0v) is 20.1. The van der Waals surface area contributed by atoms with E-state index in [4.69, 9.17) is 9.72 Å².